The Morgan fingerprint density at radius 1 is 1.31 bits per heavy atom. The molecule has 0 aliphatic rings. The molecule has 0 aliphatic carbocycles. The first kappa shape index (κ1) is 24.5. The van der Waals surface area contributed by atoms with E-state index < -0.39 is 11.7 Å². The zero-order chi connectivity index (χ0) is 19.0. The average molecular weight is 487 g/mol. The second kappa shape index (κ2) is 11.2. The van der Waals surface area contributed by atoms with E-state index in [9.17, 15) is 18.0 Å². The zero-order valence-electron chi connectivity index (χ0n) is 15.3. The van der Waals surface area contributed by atoms with Crippen molar-refractivity contribution in [2.75, 3.05) is 27.2 Å². The van der Waals surface area contributed by atoms with E-state index in [0.29, 0.717) is 19.0 Å². The second-order valence-corrected chi connectivity index (χ2v) is 5.67. The first-order valence-electron chi connectivity index (χ1n) is 7.92. The molecular formula is C17H25F3IN3O2. The summed E-state index contributed by atoms with van der Waals surface area (Å²) in [5.41, 5.74) is 0.0495. The van der Waals surface area contributed by atoms with Gasteiger partial charge in [-0.2, -0.15) is 13.2 Å². The van der Waals surface area contributed by atoms with Gasteiger partial charge in [0.05, 0.1) is 25.1 Å². The smallest absolute Gasteiger partial charge is 0.416 e. The number of carbonyl (C=O) groups excluding carboxylic acids is 1. The predicted molar refractivity (Wildman–Crippen MR) is 105 cm³/mol. The van der Waals surface area contributed by atoms with Crippen LogP contribution in [0, 0.1) is 5.92 Å². The maximum Gasteiger partial charge on any atom is 0.416 e. The lowest BCUT2D eigenvalue weighted by molar-refractivity contribution is -0.144. The standard InChI is InChI=1S/C17H24F3N3O2.HI/c1-5-21-16(22-10-12(2)15(24)25-4)23(3)11-13-6-8-14(9-7-13)17(18,19)20;/h6-9,12H,5,10-11H2,1-4H3,(H,21,22);1H. The SMILES string of the molecule is CCNC(=NCC(C)C(=O)OC)N(C)Cc1ccc(C(F)(F)F)cc1.I. The summed E-state index contributed by atoms with van der Waals surface area (Å²) in [4.78, 5) is 17.6. The number of nitrogens with zero attached hydrogens (tertiary/aromatic N) is 2. The maximum absolute atomic E-state index is 12.6. The minimum Gasteiger partial charge on any atom is -0.469 e. The summed E-state index contributed by atoms with van der Waals surface area (Å²) in [6.07, 6.45) is -4.34. The lowest BCUT2D eigenvalue weighted by atomic mass is 10.1. The Labute approximate surface area is 169 Å². The van der Waals surface area contributed by atoms with Crippen molar-refractivity contribution in [3.63, 3.8) is 0 Å². The van der Waals surface area contributed by atoms with Crippen molar-refractivity contribution in [2.45, 2.75) is 26.6 Å². The van der Waals surface area contributed by atoms with E-state index >= 15 is 0 Å². The molecule has 5 nitrogen and oxygen atoms in total. The minimum absolute atomic E-state index is 0. The third-order valence-electron chi connectivity index (χ3n) is 3.52. The van der Waals surface area contributed by atoms with E-state index in [-0.39, 0.29) is 42.4 Å². The highest BCUT2D eigenvalue weighted by Crippen LogP contribution is 2.29. The van der Waals surface area contributed by atoms with Gasteiger partial charge in [0.25, 0.3) is 0 Å². The van der Waals surface area contributed by atoms with Crippen LogP contribution in [0.15, 0.2) is 29.3 Å². The van der Waals surface area contributed by atoms with Crippen LogP contribution in [0.2, 0.25) is 0 Å². The number of benzene rings is 1. The lowest BCUT2D eigenvalue weighted by Gasteiger charge is -2.22. The molecule has 0 saturated heterocycles. The molecule has 1 aromatic rings. The summed E-state index contributed by atoms with van der Waals surface area (Å²) in [7, 11) is 3.10. The molecule has 1 N–H and O–H groups in total. The van der Waals surface area contributed by atoms with E-state index in [1.807, 2.05) is 6.92 Å². The van der Waals surface area contributed by atoms with Crippen LogP contribution >= 0.6 is 24.0 Å². The van der Waals surface area contributed by atoms with Crippen molar-refractivity contribution in [2.24, 2.45) is 10.9 Å². The largest absolute Gasteiger partial charge is 0.469 e. The van der Waals surface area contributed by atoms with Crippen LogP contribution in [0.3, 0.4) is 0 Å². The van der Waals surface area contributed by atoms with Crippen molar-refractivity contribution < 1.29 is 22.7 Å². The van der Waals surface area contributed by atoms with Gasteiger partial charge in [-0.05, 0) is 24.6 Å². The Bertz CT molecular complexity index is 592. The van der Waals surface area contributed by atoms with E-state index in [0.717, 1.165) is 17.7 Å². The van der Waals surface area contributed by atoms with Crippen molar-refractivity contribution in [1.82, 2.24) is 10.2 Å². The molecule has 26 heavy (non-hydrogen) atoms. The monoisotopic (exact) mass is 487 g/mol. The predicted octanol–water partition coefficient (Wildman–Crippen LogP) is 3.53. The summed E-state index contributed by atoms with van der Waals surface area (Å²) in [5, 5.41) is 3.09. The zero-order valence-corrected chi connectivity index (χ0v) is 17.6. The van der Waals surface area contributed by atoms with Crippen LogP contribution in [0.4, 0.5) is 13.2 Å². The maximum atomic E-state index is 12.6. The number of rotatable bonds is 6. The van der Waals surface area contributed by atoms with E-state index in [2.05, 4.69) is 15.0 Å². The van der Waals surface area contributed by atoms with Gasteiger partial charge in [0.15, 0.2) is 5.96 Å². The summed E-state index contributed by atoms with van der Waals surface area (Å²) in [6.45, 7) is 4.89. The fraction of sp³-hybridized carbons (Fsp3) is 0.529. The van der Waals surface area contributed by atoms with Crippen LogP contribution in [0.1, 0.15) is 25.0 Å². The van der Waals surface area contributed by atoms with Crippen molar-refractivity contribution in [3.8, 4) is 0 Å². The first-order chi connectivity index (χ1) is 11.7. The highest BCUT2D eigenvalue weighted by Gasteiger charge is 2.29. The minimum atomic E-state index is -4.34. The van der Waals surface area contributed by atoms with Crippen molar-refractivity contribution in [3.05, 3.63) is 35.4 Å². The van der Waals surface area contributed by atoms with Gasteiger partial charge in [-0.3, -0.25) is 9.79 Å². The molecule has 0 bridgehead atoms. The molecule has 0 saturated carbocycles. The number of ether oxygens (including phenoxy) is 1. The number of nitrogens with one attached hydrogen (secondary N) is 1. The molecule has 0 fully saturated rings. The summed E-state index contributed by atoms with van der Waals surface area (Å²) in [6, 6.07) is 5.01. The summed E-state index contributed by atoms with van der Waals surface area (Å²) < 4.78 is 42.5. The number of alkyl halides is 3. The van der Waals surface area contributed by atoms with Crippen LogP contribution in [-0.2, 0) is 22.3 Å². The van der Waals surface area contributed by atoms with Gasteiger partial charge in [-0.1, -0.05) is 19.1 Å². The number of hydrogen-bond acceptors (Lipinski definition) is 3. The molecule has 1 atom stereocenters. The van der Waals surface area contributed by atoms with Crippen molar-refractivity contribution in [1.29, 1.82) is 0 Å². The normalized spacial score (nSPS) is 12.8. The highest BCUT2D eigenvalue weighted by molar-refractivity contribution is 14.0. The van der Waals surface area contributed by atoms with Gasteiger partial charge < -0.3 is 15.0 Å². The average Bonchev–Trinajstić information content (AvgIpc) is 2.57. The lowest BCUT2D eigenvalue weighted by Crippen LogP contribution is -2.39. The molecule has 0 amide bonds. The molecule has 1 rings (SSSR count). The van der Waals surface area contributed by atoms with Gasteiger partial charge in [0.1, 0.15) is 0 Å². The molecule has 9 heteroatoms. The molecule has 0 heterocycles. The molecule has 1 aromatic carbocycles. The third-order valence-corrected chi connectivity index (χ3v) is 3.52. The number of hydrogen-bond donors (Lipinski definition) is 1. The van der Waals surface area contributed by atoms with Gasteiger partial charge in [-0.25, -0.2) is 0 Å². The molecule has 0 aromatic heterocycles. The topological polar surface area (TPSA) is 53.9 Å². The van der Waals surface area contributed by atoms with Crippen LogP contribution in [0.25, 0.3) is 0 Å². The van der Waals surface area contributed by atoms with E-state index in [4.69, 9.17) is 0 Å². The summed E-state index contributed by atoms with van der Waals surface area (Å²) >= 11 is 0. The fourth-order valence-electron chi connectivity index (χ4n) is 2.12. The Morgan fingerprint density at radius 3 is 2.35 bits per heavy atom. The Kier molecular flexibility index (Phi) is 10.6. The number of esters is 1. The fourth-order valence-corrected chi connectivity index (χ4v) is 2.12. The molecule has 148 valence electrons. The Balaban J connectivity index is 0.00000625. The van der Waals surface area contributed by atoms with E-state index in [1.165, 1.54) is 19.2 Å². The Morgan fingerprint density at radius 2 is 1.88 bits per heavy atom. The van der Waals surface area contributed by atoms with Crippen molar-refractivity contribution >= 4 is 35.9 Å². The number of aliphatic imine (C=N–C) groups is 1. The first-order valence-corrected chi connectivity index (χ1v) is 7.92. The molecule has 0 spiro atoms. The number of methoxy groups -OCH3 is 1. The van der Waals surface area contributed by atoms with Crippen LogP contribution in [0.5, 0.6) is 0 Å². The molecule has 1 unspecified atom stereocenters. The third kappa shape index (κ3) is 7.79. The van der Waals surface area contributed by atoms with Gasteiger partial charge in [0.2, 0.25) is 0 Å². The molecule has 0 aliphatic heterocycles. The van der Waals surface area contributed by atoms with E-state index in [1.54, 1.807) is 18.9 Å². The van der Waals surface area contributed by atoms with Gasteiger partial charge in [0, 0.05) is 20.1 Å². The molecular weight excluding hydrogens is 462 g/mol. The Hall–Kier alpha value is -1.52. The van der Waals surface area contributed by atoms with Gasteiger partial charge >= 0.3 is 12.1 Å². The second-order valence-electron chi connectivity index (χ2n) is 5.67. The number of guanidine groups is 1. The number of carbonyl (C=O) groups is 1. The quantitative estimate of drug-likeness (QED) is 0.289. The molecule has 0 radical (unpaired) electrons. The summed E-state index contributed by atoms with van der Waals surface area (Å²) in [5.74, 6) is -0.152. The highest BCUT2D eigenvalue weighted by atomic mass is 127. The van der Waals surface area contributed by atoms with Crippen LogP contribution in [-0.4, -0.2) is 44.1 Å². The van der Waals surface area contributed by atoms with Gasteiger partial charge in [-0.15, -0.1) is 24.0 Å². The number of halogens is 4. The van der Waals surface area contributed by atoms with Crippen LogP contribution < -0.4 is 5.32 Å².